The van der Waals surface area contributed by atoms with Crippen LogP contribution in [0.3, 0.4) is 0 Å². The zero-order chi connectivity index (χ0) is 10.8. The first-order valence-electron chi connectivity index (χ1n) is 4.48. The van der Waals surface area contributed by atoms with Gasteiger partial charge in [-0.25, -0.2) is 0 Å². The molecule has 0 aliphatic carbocycles. The molecule has 2 rings (SSSR count). The van der Waals surface area contributed by atoms with E-state index < -0.39 is 5.97 Å². The molecule has 0 aliphatic rings. The van der Waals surface area contributed by atoms with Crippen LogP contribution >= 0.6 is 0 Å². The summed E-state index contributed by atoms with van der Waals surface area (Å²) in [5.74, 6) is -0.859. The van der Waals surface area contributed by atoms with Gasteiger partial charge in [0.15, 0.2) is 5.58 Å². The van der Waals surface area contributed by atoms with E-state index in [2.05, 4.69) is 10.3 Å². The molecule has 0 fully saturated rings. The van der Waals surface area contributed by atoms with Gasteiger partial charge in [0.2, 0.25) is 0 Å². The first kappa shape index (κ1) is 9.51. The molecule has 0 spiro atoms. The second-order valence-electron chi connectivity index (χ2n) is 3.14. The maximum atomic E-state index is 10.5. The number of nitrogens with one attached hydrogen (secondary N) is 1. The second kappa shape index (κ2) is 3.61. The SMILES string of the molecule is CNc1nc2ccc(CC(=O)O)cc2o1. The normalized spacial score (nSPS) is 10.5. The summed E-state index contributed by atoms with van der Waals surface area (Å²) >= 11 is 0. The summed E-state index contributed by atoms with van der Waals surface area (Å²) in [5, 5.41) is 11.4. The van der Waals surface area contributed by atoms with E-state index in [0.29, 0.717) is 22.7 Å². The first-order valence-corrected chi connectivity index (χ1v) is 4.48. The quantitative estimate of drug-likeness (QED) is 0.795. The highest BCUT2D eigenvalue weighted by molar-refractivity contribution is 5.77. The Kier molecular flexibility index (Phi) is 2.29. The standard InChI is InChI=1S/C10H10N2O3/c1-11-10-12-7-3-2-6(5-9(13)14)4-8(7)15-10/h2-4H,5H2,1H3,(H,11,12)(H,13,14). The maximum absolute atomic E-state index is 10.5. The van der Waals surface area contributed by atoms with Crippen LogP contribution in [0.15, 0.2) is 22.6 Å². The molecule has 78 valence electrons. The van der Waals surface area contributed by atoms with Crippen molar-refractivity contribution in [3.63, 3.8) is 0 Å². The van der Waals surface area contributed by atoms with Crippen LogP contribution < -0.4 is 5.32 Å². The molecule has 0 saturated heterocycles. The average Bonchev–Trinajstić information content (AvgIpc) is 2.58. The summed E-state index contributed by atoms with van der Waals surface area (Å²) in [6.07, 6.45) is -0.00841. The van der Waals surface area contributed by atoms with E-state index >= 15 is 0 Å². The van der Waals surface area contributed by atoms with Crippen LogP contribution in [0.25, 0.3) is 11.1 Å². The fourth-order valence-corrected chi connectivity index (χ4v) is 1.36. The van der Waals surface area contributed by atoms with Crippen molar-refractivity contribution in [2.45, 2.75) is 6.42 Å². The van der Waals surface area contributed by atoms with Crippen molar-refractivity contribution < 1.29 is 14.3 Å². The molecule has 2 N–H and O–H groups in total. The molecule has 1 heterocycles. The van der Waals surface area contributed by atoms with E-state index in [0.717, 1.165) is 0 Å². The molecular weight excluding hydrogens is 196 g/mol. The summed E-state index contributed by atoms with van der Waals surface area (Å²) in [6, 6.07) is 5.60. The van der Waals surface area contributed by atoms with Crippen molar-refractivity contribution in [1.29, 1.82) is 0 Å². The fourth-order valence-electron chi connectivity index (χ4n) is 1.36. The topological polar surface area (TPSA) is 75.4 Å². The number of aliphatic carboxylic acids is 1. The smallest absolute Gasteiger partial charge is 0.307 e. The molecule has 0 radical (unpaired) electrons. The number of aromatic nitrogens is 1. The second-order valence-corrected chi connectivity index (χ2v) is 3.14. The summed E-state index contributed by atoms with van der Waals surface area (Å²) in [6.45, 7) is 0. The number of benzene rings is 1. The van der Waals surface area contributed by atoms with Crippen LogP contribution in [-0.4, -0.2) is 23.1 Å². The molecule has 0 bridgehead atoms. The Morgan fingerprint density at radius 1 is 1.60 bits per heavy atom. The van der Waals surface area contributed by atoms with E-state index in [1.807, 2.05) is 0 Å². The molecule has 5 nitrogen and oxygen atoms in total. The monoisotopic (exact) mass is 206 g/mol. The lowest BCUT2D eigenvalue weighted by molar-refractivity contribution is -0.136. The van der Waals surface area contributed by atoms with E-state index in [1.54, 1.807) is 25.2 Å². The number of oxazole rings is 1. The van der Waals surface area contributed by atoms with Crippen molar-refractivity contribution >= 4 is 23.1 Å². The summed E-state index contributed by atoms with van der Waals surface area (Å²) in [5.41, 5.74) is 2.01. The number of anilines is 1. The third-order valence-electron chi connectivity index (χ3n) is 2.02. The maximum Gasteiger partial charge on any atom is 0.307 e. The average molecular weight is 206 g/mol. The van der Waals surface area contributed by atoms with Gasteiger partial charge in [-0.3, -0.25) is 4.79 Å². The lowest BCUT2D eigenvalue weighted by atomic mass is 10.1. The van der Waals surface area contributed by atoms with Crippen molar-refractivity contribution in [2.75, 3.05) is 12.4 Å². The Hall–Kier alpha value is -2.04. The van der Waals surface area contributed by atoms with Gasteiger partial charge in [-0.05, 0) is 17.7 Å². The number of hydrogen-bond donors (Lipinski definition) is 2. The number of carboxylic acids is 1. The summed E-state index contributed by atoms with van der Waals surface area (Å²) in [4.78, 5) is 14.6. The Balaban J connectivity index is 2.41. The van der Waals surface area contributed by atoms with Crippen LogP contribution in [0.5, 0.6) is 0 Å². The van der Waals surface area contributed by atoms with Crippen molar-refractivity contribution in [3.05, 3.63) is 23.8 Å². The van der Waals surface area contributed by atoms with Crippen LogP contribution in [0, 0.1) is 0 Å². The fraction of sp³-hybridized carbons (Fsp3) is 0.200. The minimum Gasteiger partial charge on any atom is -0.481 e. The van der Waals surface area contributed by atoms with Crippen molar-refractivity contribution in [1.82, 2.24) is 4.98 Å². The van der Waals surface area contributed by atoms with Gasteiger partial charge < -0.3 is 14.8 Å². The molecule has 0 unspecified atom stereocenters. The van der Waals surface area contributed by atoms with Gasteiger partial charge in [0.05, 0.1) is 6.42 Å². The molecule has 0 saturated carbocycles. The molecule has 0 amide bonds. The molecule has 2 aromatic rings. The van der Waals surface area contributed by atoms with Crippen molar-refractivity contribution in [2.24, 2.45) is 0 Å². The predicted octanol–water partition coefficient (Wildman–Crippen LogP) is 1.50. The van der Waals surface area contributed by atoms with E-state index in [4.69, 9.17) is 9.52 Å². The molecule has 0 aliphatic heterocycles. The number of nitrogens with zero attached hydrogens (tertiary/aromatic N) is 1. The molecular formula is C10H10N2O3. The lowest BCUT2D eigenvalue weighted by Gasteiger charge is -1.94. The molecule has 5 heteroatoms. The zero-order valence-corrected chi connectivity index (χ0v) is 8.15. The highest BCUT2D eigenvalue weighted by Gasteiger charge is 2.06. The number of carbonyl (C=O) groups is 1. The van der Waals surface area contributed by atoms with Crippen molar-refractivity contribution in [3.8, 4) is 0 Å². The Bertz CT molecular complexity index is 504. The number of carboxylic acid groups (broad SMARTS) is 1. The van der Waals surface area contributed by atoms with Crippen LogP contribution in [0.2, 0.25) is 0 Å². The van der Waals surface area contributed by atoms with Crippen LogP contribution in [0.4, 0.5) is 6.01 Å². The van der Waals surface area contributed by atoms with E-state index in [1.165, 1.54) is 0 Å². The summed E-state index contributed by atoms with van der Waals surface area (Å²) in [7, 11) is 1.71. The Labute approximate surface area is 85.7 Å². The highest BCUT2D eigenvalue weighted by atomic mass is 16.4. The van der Waals surface area contributed by atoms with Gasteiger partial charge in [-0.2, -0.15) is 4.98 Å². The number of rotatable bonds is 3. The largest absolute Gasteiger partial charge is 0.481 e. The van der Waals surface area contributed by atoms with Gasteiger partial charge in [0.1, 0.15) is 5.52 Å². The van der Waals surface area contributed by atoms with E-state index in [9.17, 15) is 4.79 Å². The third kappa shape index (κ3) is 1.90. The van der Waals surface area contributed by atoms with Gasteiger partial charge in [-0.15, -0.1) is 0 Å². The van der Waals surface area contributed by atoms with E-state index in [-0.39, 0.29) is 6.42 Å². The number of hydrogen-bond acceptors (Lipinski definition) is 4. The molecule has 0 atom stereocenters. The Morgan fingerprint density at radius 2 is 2.40 bits per heavy atom. The third-order valence-corrected chi connectivity index (χ3v) is 2.02. The minimum absolute atomic E-state index is 0.00841. The molecule has 1 aromatic carbocycles. The predicted molar refractivity (Wildman–Crippen MR) is 54.9 cm³/mol. The van der Waals surface area contributed by atoms with Gasteiger partial charge in [-0.1, -0.05) is 6.07 Å². The van der Waals surface area contributed by atoms with Crippen LogP contribution in [-0.2, 0) is 11.2 Å². The molecule has 15 heavy (non-hydrogen) atoms. The molecule has 1 aromatic heterocycles. The summed E-state index contributed by atoms with van der Waals surface area (Å²) < 4.78 is 5.32. The minimum atomic E-state index is -0.859. The Morgan fingerprint density at radius 3 is 3.07 bits per heavy atom. The first-order chi connectivity index (χ1) is 7.19. The zero-order valence-electron chi connectivity index (χ0n) is 8.15. The van der Waals surface area contributed by atoms with Gasteiger partial charge in [0, 0.05) is 7.05 Å². The van der Waals surface area contributed by atoms with Gasteiger partial charge >= 0.3 is 5.97 Å². The van der Waals surface area contributed by atoms with Gasteiger partial charge in [0.25, 0.3) is 6.01 Å². The lowest BCUT2D eigenvalue weighted by Crippen LogP contribution is -1.99. The highest BCUT2D eigenvalue weighted by Crippen LogP contribution is 2.19. The number of fused-ring (bicyclic) bond motifs is 1. The van der Waals surface area contributed by atoms with Crippen LogP contribution in [0.1, 0.15) is 5.56 Å².